The third kappa shape index (κ3) is 3.63. The van der Waals surface area contributed by atoms with Crippen LogP contribution in [0.15, 0.2) is 0 Å². The van der Waals surface area contributed by atoms with E-state index in [9.17, 15) is 10.2 Å². The monoisotopic (exact) mass is 264 g/mol. The minimum absolute atomic E-state index is 0.209. The molecule has 0 spiro atoms. The Morgan fingerprint density at radius 2 is 1.83 bits per heavy atom. The van der Waals surface area contributed by atoms with Crippen molar-refractivity contribution in [2.75, 3.05) is 13.2 Å². The van der Waals surface area contributed by atoms with Gasteiger partial charge in [0.05, 0.1) is 25.4 Å². The van der Waals surface area contributed by atoms with Gasteiger partial charge < -0.3 is 29.9 Å². The molecule has 6 nitrogen and oxygen atoms in total. The summed E-state index contributed by atoms with van der Waals surface area (Å²) in [6.45, 7) is 3.03. The van der Waals surface area contributed by atoms with Crippen molar-refractivity contribution in [2.24, 2.45) is 0 Å². The van der Waals surface area contributed by atoms with Gasteiger partial charge in [-0.1, -0.05) is 13.8 Å². The van der Waals surface area contributed by atoms with Gasteiger partial charge in [0.2, 0.25) is 0 Å². The van der Waals surface area contributed by atoms with Gasteiger partial charge in [0, 0.05) is 6.42 Å². The van der Waals surface area contributed by atoms with E-state index in [4.69, 9.17) is 19.7 Å². The number of aliphatic hydroxyl groups is 4. The number of ether oxygens (including phenoxy) is 2. The van der Waals surface area contributed by atoms with Crippen molar-refractivity contribution in [3.63, 3.8) is 0 Å². The first-order valence-electron chi connectivity index (χ1n) is 6.45. The molecule has 1 fully saturated rings. The highest BCUT2D eigenvalue weighted by atomic mass is 16.6. The van der Waals surface area contributed by atoms with Crippen LogP contribution in [0, 0.1) is 0 Å². The highest BCUT2D eigenvalue weighted by Gasteiger charge is 2.41. The van der Waals surface area contributed by atoms with E-state index >= 15 is 0 Å². The molecule has 4 unspecified atom stereocenters. The van der Waals surface area contributed by atoms with Gasteiger partial charge in [-0.2, -0.15) is 0 Å². The second-order valence-corrected chi connectivity index (χ2v) is 4.70. The zero-order chi connectivity index (χ0) is 13.8. The summed E-state index contributed by atoms with van der Waals surface area (Å²) in [5, 5.41) is 38.3. The Labute approximate surface area is 107 Å². The van der Waals surface area contributed by atoms with E-state index in [1.165, 1.54) is 0 Å². The van der Waals surface area contributed by atoms with Gasteiger partial charge >= 0.3 is 0 Å². The van der Waals surface area contributed by atoms with Crippen LogP contribution in [0.4, 0.5) is 0 Å². The number of hydrogen-bond donors (Lipinski definition) is 4. The van der Waals surface area contributed by atoms with Crippen molar-refractivity contribution in [2.45, 2.75) is 63.3 Å². The Morgan fingerprint density at radius 3 is 2.28 bits per heavy atom. The van der Waals surface area contributed by atoms with Crippen LogP contribution in [0.2, 0.25) is 0 Å². The summed E-state index contributed by atoms with van der Waals surface area (Å²) in [5.74, 6) is -1.29. The number of aliphatic hydroxyl groups excluding tert-OH is 3. The quantitative estimate of drug-likeness (QED) is 0.477. The molecule has 1 aliphatic heterocycles. The van der Waals surface area contributed by atoms with Gasteiger partial charge in [-0.15, -0.1) is 0 Å². The third-order valence-corrected chi connectivity index (χ3v) is 3.48. The SMILES string of the molecule is CCC(O)(CC)OC1CC(CO)OC(CO)C1O. The van der Waals surface area contributed by atoms with E-state index in [-0.39, 0.29) is 19.6 Å². The number of hydrogen-bond acceptors (Lipinski definition) is 6. The smallest absolute Gasteiger partial charge is 0.165 e. The van der Waals surface area contributed by atoms with E-state index in [0.717, 1.165) is 0 Å². The highest BCUT2D eigenvalue weighted by molar-refractivity contribution is 4.87. The molecule has 0 aliphatic carbocycles. The molecular formula is C12H24O6. The Morgan fingerprint density at radius 1 is 1.22 bits per heavy atom. The summed E-state index contributed by atoms with van der Waals surface area (Å²) in [7, 11) is 0. The van der Waals surface area contributed by atoms with Gasteiger partial charge in [-0.05, 0) is 12.8 Å². The fraction of sp³-hybridized carbons (Fsp3) is 1.00. The van der Waals surface area contributed by atoms with Gasteiger partial charge in [0.25, 0.3) is 0 Å². The van der Waals surface area contributed by atoms with Crippen LogP contribution in [-0.4, -0.2) is 63.8 Å². The zero-order valence-electron chi connectivity index (χ0n) is 11.0. The Bertz CT molecular complexity index is 243. The van der Waals surface area contributed by atoms with Crippen LogP contribution in [-0.2, 0) is 9.47 Å². The summed E-state index contributed by atoms with van der Waals surface area (Å²) in [6.07, 6.45) is -1.86. The van der Waals surface area contributed by atoms with Crippen LogP contribution in [0.5, 0.6) is 0 Å². The van der Waals surface area contributed by atoms with Crippen molar-refractivity contribution in [3.05, 3.63) is 0 Å². The summed E-state index contributed by atoms with van der Waals surface area (Å²) in [4.78, 5) is 0. The maximum atomic E-state index is 10.1. The molecular weight excluding hydrogens is 240 g/mol. The standard InChI is InChI=1S/C12H24O6/c1-3-12(16,4-2)18-9-5-8(6-13)17-10(7-14)11(9)15/h8-11,13-16H,3-7H2,1-2H3. The summed E-state index contributed by atoms with van der Waals surface area (Å²) in [6, 6.07) is 0. The van der Waals surface area contributed by atoms with Crippen LogP contribution in [0.25, 0.3) is 0 Å². The van der Waals surface area contributed by atoms with Crippen LogP contribution < -0.4 is 0 Å². The summed E-state index contributed by atoms with van der Waals surface area (Å²) >= 11 is 0. The molecule has 0 radical (unpaired) electrons. The lowest BCUT2D eigenvalue weighted by molar-refractivity contribution is -0.285. The Balaban J connectivity index is 2.72. The lowest BCUT2D eigenvalue weighted by Crippen LogP contribution is -2.54. The molecule has 1 rings (SSSR count). The van der Waals surface area contributed by atoms with Crippen LogP contribution in [0.1, 0.15) is 33.1 Å². The lowest BCUT2D eigenvalue weighted by Gasteiger charge is -2.41. The van der Waals surface area contributed by atoms with Gasteiger partial charge in [0.15, 0.2) is 5.79 Å². The first-order valence-corrected chi connectivity index (χ1v) is 6.45. The van der Waals surface area contributed by atoms with Crippen molar-refractivity contribution < 1.29 is 29.9 Å². The van der Waals surface area contributed by atoms with E-state index in [2.05, 4.69) is 0 Å². The maximum absolute atomic E-state index is 10.1. The van der Waals surface area contributed by atoms with E-state index in [1.807, 2.05) is 0 Å². The second-order valence-electron chi connectivity index (χ2n) is 4.70. The predicted octanol–water partition coefficient (Wildman–Crippen LogP) is -0.617. The molecule has 4 atom stereocenters. The molecule has 108 valence electrons. The van der Waals surface area contributed by atoms with Gasteiger partial charge in [-0.25, -0.2) is 0 Å². The van der Waals surface area contributed by atoms with Crippen LogP contribution in [0.3, 0.4) is 0 Å². The predicted molar refractivity (Wildman–Crippen MR) is 63.9 cm³/mol. The summed E-state index contributed by atoms with van der Waals surface area (Å²) < 4.78 is 10.9. The highest BCUT2D eigenvalue weighted by Crippen LogP contribution is 2.28. The van der Waals surface area contributed by atoms with Gasteiger partial charge in [0.1, 0.15) is 12.2 Å². The van der Waals surface area contributed by atoms with Crippen molar-refractivity contribution in [1.82, 2.24) is 0 Å². The molecule has 0 aromatic heterocycles. The van der Waals surface area contributed by atoms with E-state index in [1.54, 1.807) is 13.8 Å². The molecule has 6 heteroatoms. The fourth-order valence-electron chi connectivity index (χ4n) is 2.11. The van der Waals surface area contributed by atoms with Gasteiger partial charge in [-0.3, -0.25) is 0 Å². The molecule has 0 bridgehead atoms. The molecule has 18 heavy (non-hydrogen) atoms. The fourth-order valence-corrected chi connectivity index (χ4v) is 2.11. The normalized spacial score (nSPS) is 33.7. The average Bonchev–Trinajstić information content (AvgIpc) is 2.40. The lowest BCUT2D eigenvalue weighted by atomic mass is 9.97. The maximum Gasteiger partial charge on any atom is 0.165 e. The molecule has 0 saturated carbocycles. The second kappa shape index (κ2) is 6.79. The van der Waals surface area contributed by atoms with Crippen LogP contribution >= 0.6 is 0 Å². The zero-order valence-corrected chi connectivity index (χ0v) is 11.0. The average molecular weight is 264 g/mol. The molecule has 1 aliphatic rings. The largest absolute Gasteiger partial charge is 0.394 e. The minimum atomic E-state index is -1.29. The molecule has 1 saturated heterocycles. The molecule has 1 heterocycles. The Kier molecular flexibility index (Phi) is 5.97. The first-order chi connectivity index (χ1) is 8.49. The topological polar surface area (TPSA) is 99.4 Å². The minimum Gasteiger partial charge on any atom is -0.394 e. The molecule has 0 aromatic rings. The third-order valence-electron chi connectivity index (χ3n) is 3.48. The first kappa shape index (κ1) is 15.8. The van der Waals surface area contributed by atoms with Crippen molar-refractivity contribution >= 4 is 0 Å². The molecule has 0 aromatic carbocycles. The van der Waals surface area contributed by atoms with E-state index in [0.29, 0.717) is 12.8 Å². The number of rotatable bonds is 6. The van der Waals surface area contributed by atoms with E-state index < -0.39 is 30.2 Å². The summed E-state index contributed by atoms with van der Waals surface area (Å²) in [5.41, 5.74) is 0. The molecule has 4 N–H and O–H groups in total. The molecule has 0 amide bonds. The Hall–Kier alpha value is -0.240. The van der Waals surface area contributed by atoms with Crippen molar-refractivity contribution in [1.29, 1.82) is 0 Å². The van der Waals surface area contributed by atoms with Crippen molar-refractivity contribution in [3.8, 4) is 0 Å².